The third-order valence-corrected chi connectivity index (χ3v) is 3.95. The molecule has 120 valence electrons. The molecule has 0 bridgehead atoms. The molecule has 2 N–H and O–H groups in total. The van der Waals surface area contributed by atoms with Gasteiger partial charge in [-0.25, -0.2) is 5.43 Å². The topological polar surface area (TPSA) is 70.9 Å². The average molecular weight is 398 g/mol. The predicted molar refractivity (Wildman–Crippen MR) is 93.5 cm³/mol. The van der Waals surface area contributed by atoms with Gasteiger partial charge in [0.25, 0.3) is 5.91 Å². The van der Waals surface area contributed by atoms with E-state index in [1.165, 1.54) is 18.2 Å². The molecule has 0 aliphatic rings. The average Bonchev–Trinajstić information content (AvgIpc) is 2.54. The molecule has 2 aromatic carbocycles. The van der Waals surface area contributed by atoms with Crippen LogP contribution in [-0.2, 0) is 0 Å². The van der Waals surface area contributed by atoms with Crippen LogP contribution >= 0.6 is 27.5 Å². The van der Waals surface area contributed by atoms with Crippen LogP contribution in [0, 0.1) is 0 Å². The van der Waals surface area contributed by atoms with Gasteiger partial charge in [-0.2, -0.15) is 5.10 Å². The van der Waals surface area contributed by atoms with Gasteiger partial charge in [-0.15, -0.1) is 0 Å². The Labute approximate surface area is 147 Å². The first-order valence-corrected chi connectivity index (χ1v) is 7.76. The second-order valence-corrected chi connectivity index (χ2v) is 5.94. The fourth-order valence-corrected chi connectivity index (χ4v) is 2.55. The normalized spacial score (nSPS) is 11.2. The molecular weight excluding hydrogens is 384 g/mol. The molecule has 0 saturated heterocycles. The van der Waals surface area contributed by atoms with Crippen molar-refractivity contribution >= 4 is 39.1 Å². The van der Waals surface area contributed by atoms with E-state index in [9.17, 15) is 9.90 Å². The number of methoxy groups -OCH3 is 1. The first-order valence-electron chi connectivity index (χ1n) is 6.59. The Morgan fingerprint density at radius 3 is 2.70 bits per heavy atom. The molecule has 0 atom stereocenters. The van der Waals surface area contributed by atoms with Crippen LogP contribution in [-0.4, -0.2) is 23.8 Å². The third-order valence-electron chi connectivity index (χ3n) is 3.10. The summed E-state index contributed by atoms with van der Waals surface area (Å²) >= 11 is 9.22. The summed E-state index contributed by atoms with van der Waals surface area (Å²) in [7, 11) is 1.58. The number of halogens is 2. The Kier molecular flexibility index (Phi) is 5.63. The highest BCUT2D eigenvalue weighted by Crippen LogP contribution is 2.26. The summed E-state index contributed by atoms with van der Waals surface area (Å²) in [5.41, 5.74) is 3.87. The van der Waals surface area contributed by atoms with Gasteiger partial charge in [-0.3, -0.25) is 4.79 Å². The van der Waals surface area contributed by atoms with Crippen molar-refractivity contribution in [1.82, 2.24) is 5.43 Å². The molecule has 0 radical (unpaired) electrons. The zero-order chi connectivity index (χ0) is 17.0. The fraction of sp³-hybridized carbons (Fsp3) is 0.125. The number of carbonyl (C=O) groups excluding carboxylic acids is 1. The molecule has 2 aromatic rings. The van der Waals surface area contributed by atoms with E-state index in [4.69, 9.17) is 16.3 Å². The molecule has 0 saturated carbocycles. The van der Waals surface area contributed by atoms with Crippen LogP contribution in [0.25, 0.3) is 0 Å². The number of benzene rings is 2. The van der Waals surface area contributed by atoms with Crippen LogP contribution in [0.2, 0.25) is 5.02 Å². The predicted octanol–water partition coefficient (Wildman–Crippen LogP) is 3.97. The van der Waals surface area contributed by atoms with Gasteiger partial charge >= 0.3 is 0 Å². The summed E-state index contributed by atoms with van der Waals surface area (Å²) in [5, 5.41) is 14.1. The van der Waals surface area contributed by atoms with E-state index in [0.717, 1.165) is 10.0 Å². The Balaban J connectivity index is 2.17. The maximum absolute atomic E-state index is 12.1. The Hall–Kier alpha value is -2.05. The second kappa shape index (κ2) is 7.48. The van der Waals surface area contributed by atoms with Gasteiger partial charge in [0.15, 0.2) is 0 Å². The minimum Gasteiger partial charge on any atom is -0.507 e. The van der Waals surface area contributed by atoms with Gasteiger partial charge in [0.05, 0.1) is 22.9 Å². The Morgan fingerprint density at radius 1 is 1.30 bits per heavy atom. The first kappa shape index (κ1) is 17.3. The number of ether oxygens (including phenoxy) is 1. The molecule has 1 amide bonds. The highest BCUT2D eigenvalue weighted by molar-refractivity contribution is 9.10. The summed E-state index contributed by atoms with van der Waals surface area (Å²) in [6.45, 7) is 1.76. The zero-order valence-electron chi connectivity index (χ0n) is 12.4. The summed E-state index contributed by atoms with van der Waals surface area (Å²) in [6.07, 6.45) is 0. The van der Waals surface area contributed by atoms with E-state index < -0.39 is 5.91 Å². The smallest absolute Gasteiger partial charge is 0.275 e. The number of carbonyl (C=O) groups is 1. The number of hydrogen-bond donors (Lipinski definition) is 2. The number of hydrogen-bond acceptors (Lipinski definition) is 4. The number of nitrogens with one attached hydrogen (secondary N) is 1. The lowest BCUT2D eigenvalue weighted by atomic mass is 10.1. The van der Waals surface area contributed by atoms with Gasteiger partial charge < -0.3 is 9.84 Å². The molecule has 0 aromatic heterocycles. The molecule has 7 heteroatoms. The number of nitrogens with zero attached hydrogens (tertiary/aromatic N) is 1. The summed E-state index contributed by atoms with van der Waals surface area (Å²) < 4.78 is 5.95. The SMILES string of the molecule is COc1ccc(/C(C)=N\NC(=O)c2cc(Cl)ccc2O)cc1Br. The molecular formula is C16H14BrClN2O3. The molecule has 0 fully saturated rings. The zero-order valence-corrected chi connectivity index (χ0v) is 14.8. The third kappa shape index (κ3) is 4.24. The lowest BCUT2D eigenvalue weighted by Crippen LogP contribution is -2.19. The molecule has 23 heavy (non-hydrogen) atoms. The van der Waals surface area contributed by atoms with Crippen LogP contribution in [0.15, 0.2) is 46.0 Å². The van der Waals surface area contributed by atoms with Crippen molar-refractivity contribution in [2.75, 3.05) is 7.11 Å². The summed E-state index contributed by atoms with van der Waals surface area (Å²) in [6, 6.07) is 9.68. The van der Waals surface area contributed by atoms with Gasteiger partial charge in [0.2, 0.25) is 0 Å². The largest absolute Gasteiger partial charge is 0.507 e. The standard InChI is InChI=1S/C16H14BrClN2O3/c1-9(10-3-6-15(23-2)13(17)7-10)19-20-16(22)12-8-11(18)4-5-14(12)21/h3-8,21H,1-2H3,(H,20,22)/b19-9-. The molecule has 5 nitrogen and oxygen atoms in total. The van der Waals surface area contributed by atoms with Crippen LogP contribution in [0.1, 0.15) is 22.8 Å². The van der Waals surface area contributed by atoms with E-state index in [0.29, 0.717) is 16.5 Å². The summed E-state index contributed by atoms with van der Waals surface area (Å²) in [5.74, 6) is -0.00157. The number of amides is 1. The van der Waals surface area contributed by atoms with Crippen LogP contribution in [0.4, 0.5) is 0 Å². The van der Waals surface area contributed by atoms with E-state index >= 15 is 0 Å². The van der Waals surface area contributed by atoms with Crippen LogP contribution in [0.3, 0.4) is 0 Å². The van der Waals surface area contributed by atoms with Gasteiger partial charge in [-0.05, 0) is 64.8 Å². The van der Waals surface area contributed by atoms with Crippen LogP contribution < -0.4 is 10.2 Å². The van der Waals surface area contributed by atoms with Crippen molar-refractivity contribution in [3.05, 3.63) is 57.0 Å². The second-order valence-electron chi connectivity index (χ2n) is 4.65. The van der Waals surface area contributed by atoms with Gasteiger partial charge in [0.1, 0.15) is 11.5 Å². The Bertz CT molecular complexity index is 778. The lowest BCUT2D eigenvalue weighted by Gasteiger charge is -2.07. The lowest BCUT2D eigenvalue weighted by molar-refractivity contribution is 0.0952. The van der Waals surface area contributed by atoms with Crippen molar-refractivity contribution < 1.29 is 14.6 Å². The highest BCUT2D eigenvalue weighted by Gasteiger charge is 2.11. The van der Waals surface area contributed by atoms with Gasteiger partial charge in [0, 0.05) is 5.02 Å². The van der Waals surface area contributed by atoms with Crippen molar-refractivity contribution in [3.63, 3.8) is 0 Å². The Morgan fingerprint density at radius 2 is 2.04 bits per heavy atom. The minimum atomic E-state index is -0.545. The monoisotopic (exact) mass is 396 g/mol. The maximum Gasteiger partial charge on any atom is 0.275 e. The van der Waals surface area contributed by atoms with E-state index in [-0.39, 0.29) is 11.3 Å². The number of hydrazone groups is 1. The van der Waals surface area contributed by atoms with Crippen molar-refractivity contribution in [3.8, 4) is 11.5 Å². The van der Waals surface area contributed by atoms with E-state index in [1.54, 1.807) is 20.1 Å². The maximum atomic E-state index is 12.1. The van der Waals surface area contributed by atoms with Gasteiger partial charge in [-0.1, -0.05) is 11.6 Å². The molecule has 0 heterocycles. The van der Waals surface area contributed by atoms with Crippen molar-refractivity contribution in [2.45, 2.75) is 6.92 Å². The number of rotatable bonds is 4. The molecule has 2 rings (SSSR count). The van der Waals surface area contributed by atoms with Crippen LogP contribution in [0.5, 0.6) is 11.5 Å². The fourth-order valence-electron chi connectivity index (χ4n) is 1.84. The number of phenolic OH excluding ortho intramolecular Hbond substituents is 1. The van der Waals surface area contributed by atoms with Crippen molar-refractivity contribution in [2.24, 2.45) is 5.10 Å². The first-order chi connectivity index (χ1) is 10.9. The molecule has 0 spiro atoms. The number of aromatic hydroxyl groups is 1. The summed E-state index contributed by atoms with van der Waals surface area (Å²) in [4.78, 5) is 12.1. The minimum absolute atomic E-state index is 0.0601. The molecule has 0 aliphatic heterocycles. The number of phenols is 1. The van der Waals surface area contributed by atoms with Crippen molar-refractivity contribution in [1.29, 1.82) is 0 Å². The highest BCUT2D eigenvalue weighted by atomic mass is 79.9. The molecule has 0 unspecified atom stereocenters. The quantitative estimate of drug-likeness (QED) is 0.606. The van der Waals surface area contributed by atoms with E-state index in [2.05, 4.69) is 26.5 Å². The molecule has 0 aliphatic carbocycles. The van der Waals surface area contributed by atoms with E-state index in [1.807, 2.05) is 12.1 Å².